The van der Waals surface area contributed by atoms with Gasteiger partial charge in [0.15, 0.2) is 0 Å². The molecule has 0 amide bonds. The van der Waals surface area contributed by atoms with E-state index in [9.17, 15) is 0 Å². The molecule has 0 unspecified atom stereocenters. The van der Waals surface area contributed by atoms with Gasteiger partial charge in [0.05, 0.1) is 0 Å². The highest BCUT2D eigenvalue weighted by molar-refractivity contribution is 6.35. The van der Waals surface area contributed by atoms with Gasteiger partial charge in [-0.3, -0.25) is 0 Å². The average Bonchev–Trinajstić information content (AvgIpc) is 3.02. The third-order valence-electron chi connectivity index (χ3n) is 8.53. The Morgan fingerprint density at radius 3 is 1.39 bits per heavy atom. The van der Waals surface area contributed by atoms with E-state index in [4.69, 9.17) is 0 Å². The van der Waals surface area contributed by atoms with Gasteiger partial charge in [0.25, 0.3) is 0 Å². The Bertz CT molecular complexity index is 2140. The Balaban J connectivity index is 1.34. The van der Waals surface area contributed by atoms with Gasteiger partial charge in [0, 0.05) is 17.1 Å². The van der Waals surface area contributed by atoms with Crippen LogP contribution in [0.3, 0.4) is 0 Å². The van der Waals surface area contributed by atoms with Crippen LogP contribution in [0.1, 0.15) is 11.1 Å². The molecule has 0 aliphatic rings. The fraction of sp³-hybridized carbons (Fsp3) is 0.0500. The number of aryl methyl sites for hydroxylation is 2. The van der Waals surface area contributed by atoms with Crippen LogP contribution in [-0.2, 0) is 0 Å². The van der Waals surface area contributed by atoms with Gasteiger partial charge >= 0.3 is 0 Å². The molecule has 0 spiro atoms. The van der Waals surface area contributed by atoms with Crippen molar-refractivity contribution in [2.24, 2.45) is 0 Å². The molecule has 41 heavy (non-hydrogen) atoms. The number of hydrogen-bond donors (Lipinski definition) is 0. The highest BCUT2D eigenvalue weighted by Gasteiger charge is 2.17. The molecule has 1 heteroatoms. The number of fused-ring (bicyclic) bond motifs is 2. The number of hydrogen-bond acceptors (Lipinski definition) is 1. The van der Waals surface area contributed by atoms with E-state index in [1.54, 1.807) is 0 Å². The maximum Gasteiger partial charge on any atom is 0.0462 e. The molecule has 0 heterocycles. The van der Waals surface area contributed by atoms with E-state index in [0.29, 0.717) is 0 Å². The zero-order valence-electron chi connectivity index (χ0n) is 23.2. The molecule has 0 N–H and O–H groups in total. The van der Waals surface area contributed by atoms with Crippen LogP contribution in [0.15, 0.2) is 140 Å². The highest BCUT2D eigenvalue weighted by atomic mass is 15.1. The summed E-state index contributed by atoms with van der Waals surface area (Å²) in [6, 6.07) is 51.3. The van der Waals surface area contributed by atoms with Crippen LogP contribution in [0.5, 0.6) is 0 Å². The first kappa shape index (κ1) is 23.7. The largest absolute Gasteiger partial charge is 0.311 e. The minimum Gasteiger partial charge on any atom is -0.311 e. The lowest BCUT2D eigenvalue weighted by molar-refractivity contribution is 1.27. The topological polar surface area (TPSA) is 3.24 Å². The van der Waals surface area contributed by atoms with E-state index in [-0.39, 0.29) is 0 Å². The summed E-state index contributed by atoms with van der Waals surface area (Å²) >= 11 is 0. The third kappa shape index (κ3) is 3.77. The van der Waals surface area contributed by atoms with Gasteiger partial charge in [-0.25, -0.2) is 0 Å². The lowest BCUT2D eigenvalue weighted by Gasteiger charge is -2.26. The third-order valence-corrected chi connectivity index (χ3v) is 8.53. The molecule has 0 aromatic heterocycles. The molecule has 0 aliphatic heterocycles. The Morgan fingerprint density at radius 2 is 0.829 bits per heavy atom. The minimum absolute atomic E-state index is 1.14. The molecule has 1 nitrogen and oxygen atoms in total. The normalized spacial score (nSPS) is 11.7. The van der Waals surface area contributed by atoms with Crippen LogP contribution in [0.4, 0.5) is 17.1 Å². The zero-order chi connectivity index (χ0) is 27.5. The monoisotopic (exact) mass is 523 g/mol. The van der Waals surface area contributed by atoms with E-state index in [1.165, 1.54) is 65.3 Å². The van der Waals surface area contributed by atoms with Crippen molar-refractivity contribution in [2.45, 2.75) is 13.8 Å². The van der Waals surface area contributed by atoms with Crippen molar-refractivity contribution < 1.29 is 0 Å². The van der Waals surface area contributed by atoms with Gasteiger partial charge in [0.2, 0.25) is 0 Å². The second-order valence-corrected chi connectivity index (χ2v) is 11.2. The second-order valence-electron chi connectivity index (χ2n) is 11.2. The summed E-state index contributed by atoms with van der Waals surface area (Å²) in [6.07, 6.45) is 0. The lowest BCUT2D eigenvalue weighted by atomic mass is 9.86. The van der Waals surface area contributed by atoms with Gasteiger partial charge in [-0.1, -0.05) is 114 Å². The lowest BCUT2D eigenvalue weighted by Crippen LogP contribution is -2.09. The van der Waals surface area contributed by atoms with E-state index >= 15 is 0 Å². The maximum atomic E-state index is 2.34. The summed E-state index contributed by atoms with van der Waals surface area (Å²) in [7, 11) is 0. The average molecular weight is 524 g/mol. The summed E-state index contributed by atoms with van der Waals surface area (Å²) in [5.41, 5.74) is 8.47. The maximum absolute atomic E-state index is 2.34. The predicted octanol–water partition coefficient (Wildman–Crippen LogP) is 11.5. The molecular formula is C40H29N. The summed E-state index contributed by atoms with van der Waals surface area (Å²) in [5, 5.41) is 10.6. The van der Waals surface area contributed by atoms with Crippen molar-refractivity contribution >= 4 is 60.2 Å². The molecule has 0 saturated carbocycles. The van der Waals surface area contributed by atoms with Gasteiger partial charge in [-0.2, -0.15) is 0 Å². The van der Waals surface area contributed by atoms with Crippen LogP contribution in [-0.4, -0.2) is 0 Å². The fourth-order valence-corrected chi connectivity index (χ4v) is 6.52. The molecule has 194 valence electrons. The minimum atomic E-state index is 1.14. The first-order valence-electron chi connectivity index (χ1n) is 14.3. The molecule has 8 rings (SSSR count). The van der Waals surface area contributed by atoms with E-state index in [0.717, 1.165) is 17.1 Å². The van der Waals surface area contributed by atoms with Gasteiger partial charge in [-0.05, 0) is 104 Å². The first-order chi connectivity index (χ1) is 20.2. The number of nitrogens with zero attached hydrogens (tertiary/aromatic N) is 1. The summed E-state index contributed by atoms with van der Waals surface area (Å²) in [5.74, 6) is 0. The summed E-state index contributed by atoms with van der Waals surface area (Å²) < 4.78 is 0. The van der Waals surface area contributed by atoms with Gasteiger partial charge in [0.1, 0.15) is 0 Å². The molecule has 0 radical (unpaired) electrons. The van der Waals surface area contributed by atoms with Crippen LogP contribution in [0.25, 0.3) is 54.2 Å². The molecule has 0 saturated heterocycles. The standard InChI is InChI=1S/C40H29N/c1-26-12-19-31(20-13-26)41(32-21-14-27(2)15-22-32)33-23-16-28(17-24-33)34-25-18-30-8-4-10-36-35-9-3-6-29-7-5-11-37(38(29)35)40(34)39(30)36/h3-25H,1-2H3. The molecular weight excluding hydrogens is 494 g/mol. The van der Waals surface area contributed by atoms with E-state index in [1.807, 2.05) is 0 Å². The Morgan fingerprint density at radius 1 is 0.366 bits per heavy atom. The smallest absolute Gasteiger partial charge is 0.0462 e. The summed E-state index contributed by atoms with van der Waals surface area (Å²) in [4.78, 5) is 2.34. The van der Waals surface area contributed by atoms with Crippen molar-refractivity contribution in [1.82, 2.24) is 0 Å². The highest BCUT2D eigenvalue weighted by Crippen LogP contribution is 2.44. The van der Waals surface area contributed by atoms with E-state index in [2.05, 4.69) is 158 Å². The fourth-order valence-electron chi connectivity index (χ4n) is 6.52. The molecule has 0 bridgehead atoms. The molecule has 8 aromatic carbocycles. The SMILES string of the molecule is Cc1ccc(N(c2ccc(C)cc2)c2ccc(-c3ccc4cccc5c6cccc7cccc(c3c45)c76)cc2)cc1. The molecule has 0 aliphatic carbocycles. The number of anilines is 3. The van der Waals surface area contributed by atoms with Crippen molar-refractivity contribution in [1.29, 1.82) is 0 Å². The predicted molar refractivity (Wildman–Crippen MR) is 177 cm³/mol. The van der Waals surface area contributed by atoms with E-state index < -0.39 is 0 Å². The quantitative estimate of drug-likeness (QED) is 0.164. The van der Waals surface area contributed by atoms with Crippen LogP contribution >= 0.6 is 0 Å². The van der Waals surface area contributed by atoms with Gasteiger partial charge in [-0.15, -0.1) is 0 Å². The molecule has 0 atom stereocenters. The Labute approximate surface area is 240 Å². The second kappa shape index (κ2) is 9.21. The van der Waals surface area contributed by atoms with Crippen molar-refractivity contribution in [3.05, 3.63) is 151 Å². The van der Waals surface area contributed by atoms with Crippen molar-refractivity contribution in [3.63, 3.8) is 0 Å². The van der Waals surface area contributed by atoms with Crippen LogP contribution in [0, 0.1) is 13.8 Å². The van der Waals surface area contributed by atoms with Crippen LogP contribution in [0.2, 0.25) is 0 Å². The Hall–Kier alpha value is -5.14. The van der Waals surface area contributed by atoms with Crippen molar-refractivity contribution in [2.75, 3.05) is 4.90 Å². The van der Waals surface area contributed by atoms with Crippen molar-refractivity contribution in [3.8, 4) is 11.1 Å². The molecule has 0 fully saturated rings. The first-order valence-corrected chi connectivity index (χ1v) is 14.3. The Kier molecular flexibility index (Phi) is 5.33. The van der Waals surface area contributed by atoms with Gasteiger partial charge < -0.3 is 4.90 Å². The molecule has 8 aromatic rings. The van der Waals surface area contributed by atoms with Crippen LogP contribution < -0.4 is 4.90 Å². The number of benzene rings is 8. The summed E-state index contributed by atoms with van der Waals surface area (Å²) in [6.45, 7) is 4.27. The number of rotatable bonds is 4. The zero-order valence-corrected chi connectivity index (χ0v) is 23.2.